The molecule has 2 atom stereocenters. The van der Waals surface area contributed by atoms with Crippen molar-refractivity contribution < 1.29 is 4.79 Å². The summed E-state index contributed by atoms with van der Waals surface area (Å²) in [5, 5.41) is 3.30. The van der Waals surface area contributed by atoms with Crippen molar-refractivity contribution in [3.63, 3.8) is 0 Å². The van der Waals surface area contributed by atoms with Gasteiger partial charge < -0.3 is 16.0 Å². The van der Waals surface area contributed by atoms with E-state index in [0.717, 1.165) is 0 Å². The van der Waals surface area contributed by atoms with Crippen LogP contribution in [-0.2, 0) is 4.79 Å². The van der Waals surface area contributed by atoms with E-state index in [1.54, 1.807) is 0 Å². The average molecular weight is 227 g/mol. The molecule has 1 rings (SSSR count). The molecule has 0 spiro atoms. The predicted molar refractivity (Wildman–Crippen MR) is 66.1 cm³/mol. The van der Waals surface area contributed by atoms with Gasteiger partial charge in [0.15, 0.2) is 0 Å². The SMILES string of the molecule is CC(C)C(C)N(C)CC(NC1CC1)C(N)=O. The number of carbonyl (C=O) groups is 1. The van der Waals surface area contributed by atoms with Crippen LogP contribution >= 0.6 is 0 Å². The monoisotopic (exact) mass is 227 g/mol. The van der Waals surface area contributed by atoms with Gasteiger partial charge in [-0.05, 0) is 32.7 Å². The Morgan fingerprint density at radius 1 is 1.44 bits per heavy atom. The molecule has 0 aromatic heterocycles. The van der Waals surface area contributed by atoms with Crippen molar-refractivity contribution in [2.75, 3.05) is 13.6 Å². The van der Waals surface area contributed by atoms with Crippen molar-refractivity contribution >= 4 is 5.91 Å². The minimum Gasteiger partial charge on any atom is -0.368 e. The average Bonchev–Trinajstić information content (AvgIpc) is 2.98. The van der Waals surface area contributed by atoms with Gasteiger partial charge in [-0.25, -0.2) is 0 Å². The zero-order valence-electron chi connectivity index (χ0n) is 10.9. The summed E-state index contributed by atoms with van der Waals surface area (Å²) in [6, 6.07) is 0.766. The van der Waals surface area contributed by atoms with Gasteiger partial charge in [0.2, 0.25) is 5.91 Å². The maximum atomic E-state index is 11.3. The Bertz CT molecular complexity index is 238. The fourth-order valence-corrected chi connectivity index (χ4v) is 1.72. The molecule has 4 nitrogen and oxygen atoms in total. The van der Waals surface area contributed by atoms with Gasteiger partial charge in [0, 0.05) is 18.6 Å². The molecule has 1 amide bonds. The van der Waals surface area contributed by atoms with Crippen LogP contribution in [-0.4, -0.2) is 42.5 Å². The third kappa shape index (κ3) is 4.10. The molecule has 0 saturated heterocycles. The highest BCUT2D eigenvalue weighted by atomic mass is 16.1. The summed E-state index contributed by atoms with van der Waals surface area (Å²) in [6.45, 7) is 7.26. The molecule has 0 aromatic carbocycles. The van der Waals surface area contributed by atoms with Crippen LogP contribution in [0.5, 0.6) is 0 Å². The fourth-order valence-electron chi connectivity index (χ4n) is 1.72. The zero-order chi connectivity index (χ0) is 12.3. The fraction of sp³-hybridized carbons (Fsp3) is 0.917. The summed E-state index contributed by atoms with van der Waals surface area (Å²) >= 11 is 0. The lowest BCUT2D eigenvalue weighted by Crippen LogP contribution is -2.51. The van der Waals surface area contributed by atoms with Crippen LogP contribution in [0, 0.1) is 5.92 Å². The molecule has 16 heavy (non-hydrogen) atoms. The second kappa shape index (κ2) is 5.64. The van der Waals surface area contributed by atoms with E-state index < -0.39 is 0 Å². The van der Waals surface area contributed by atoms with Crippen LogP contribution < -0.4 is 11.1 Å². The van der Waals surface area contributed by atoms with E-state index in [1.165, 1.54) is 12.8 Å². The maximum absolute atomic E-state index is 11.3. The van der Waals surface area contributed by atoms with Gasteiger partial charge >= 0.3 is 0 Å². The lowest BCUT2D eigenvalue weighted by atomic mass is 10.0. The van der Waals surface area contributed by atoms with Crippen LogP contribution in [0.3, 0.4) is 0 Å². The van der Waals surface area contributed by atoms with Crippen LogP contribution in [0.4, 0.5) is 0 Å². The molecule has 0 bridgehead atoms. The summed E-state index contributed by atoms with van der Waals surface area (Å²) in [7, 11) is 2.05. The lowest BCUT2D eigenvalue weighted by Gasteiger charge is -2.30. The number of primary amides is 1. The van der Waals surface area contributed by atoms with E-state index in [1.807, 2.05) is 0 Å². The largest absolute Gasteiger partial charge is 0.368 e. The van der Waals surface area contributed by atoms with Gasteiger partial charge in [0.1, 0.15) is 0 Å². The van der Waals surface area contributed by atoms with Gasteiger partial charge in [-0.3, -0.25) is 4.79 Å². The first-order valence-corrected chi connectivity index (χ1v) is 6.17. The Balaban J connectivity index is 2.43. The highest BCUT2D eigenvalue weighted by molar-refractivity contribution is 5.80. The summed E-state index contributed by atoms with van der Waals surface area (Å²) in [6.07, 6.45) is 2.35. The quantitative estimate of drug-likeness (QED) is 0.668. The summed E-state index contributed by atoms with van der Waals surface area (Å²) in [5.74, 6) is 0.342. The van der Waals surface area contributed by atoms with E-state index in [2.05, 4.69) is 38.0 Å². The van der Waals surface area contributed by atoms with Crippen molar-refractivity contribution in [2.45, 2.75) is 51.7 Å². The third-order valence-electron chi connectivity index (χ3n) is 3.49. The maximum Gasteiger partial charge on any atom is 0.235 e. The van der Waals surface area contributed by atoms with Crippen LogP contribution in [0.1, 0.15) is 33.6 Å². The topological polar surface area (TPSA) is 58.4 Å². The first-order valence-electron chi connectivity index (χ1n) is 6.17. The second-order valence-corrected chi connectivity index (χ2v) is 5.32. The molecule has 2 unspecified atom stereocenters. The molecule has 1 aliphatic rings. The number of hydrogen-bond acceptors (Lipinski definition) is 3. The van der Waals surface area contributed by atoms with Crippen LogP contribution in [0.2, 0.25) is 0 Å². The minimum atomic E-state index is -0.241. The summed E-state index contributed by atoms with van der Waals surface area (Å²) in [4.78, 5) is 13.5. The molecule has 1 aliphatic carbocycles. The molecule has 0 aliphatic heterocycles. The van der Waals surface area contributed by atoms with E-state index in [9.17, 15) is 4.79 Å². The number of likely N-dealkylation sites (N-methyl/N-ethyl adjacent to an activating group) is 1. The van der Waals surface area contributed by atoms with Gasteiger partial charge in [-0.1, -0.05) is 13.8 Å². The Morgan fingerprint density at radius 3 is 2.38 bits per heavy atom. The molecule has 0 aromatic rings. The Labute approximate surface area is 98.6 Å². The van der Waals surface area contributed by atoms with Crippen molar-refractivity contribution in [2.24, 2.45) is 11.7 Å². The van der Waals surface area contributed by atoms with Crippen molar-refractivity contribution in [3.8, 4) is 0 Å². The van der Waals surface area contributed by atoms with Gasteiger partial charge in [0.05, 0.1) is 6.04 Å². The van der Waals surface area contributed by atoms with Gasteiger partial charge in [-0.2, -0.15) is 0 Å². The molecular weight excluding hydrogens is 202 g/mol. The second-order valence-electron chi connectivity index (χ2n) is 5.32. The van der Waals surface area contributed by atoms with E-state index in [0.29, 0.717) is 24.5 Å². The van der Waals surface area contributed by atoms with Crippen LogP contribution in [0.15, 0.2) is 0 Å². The van der Waals surface area contributed by atoms with Crippen molar-refractivity contribution in [1.29, 1.82) is 0 Å². The summed E-state index contributed by atoms with van der Waals surface area (Å²) in [5.41, 5.74) is 5.41. The van der Waals surface area contributed by atoms with Crippen LogP contribution in [0.25, 0.3) is 0 Å². The summed E-state index contributed by atoms with van der Waals surface area (Å²) < 4.78 is 0. The highest BCUT2D eigenvalue weighted by Gasteiger charge is 2.28. The molecular formula is C12H25N3O. The molecule has 94 valence electrons. The van der Waals surface area contributed by atoms with Crippen molar-refractivity contribution in [3.05, 3.63) is 0 Å². The Morgan fingerprint density at radius 2 is 2.00 bits per heavy atom. The first-order chi connectivity index (χ1) is 7.41. The standard InChI is InChI=1S/C12H25N3O/c1-8(2)9(3)15(4)7-11(12(13)16)14-10-5-6-10/h8-11,14H,5-7H2,1-4H3,(H2,13,16). The molecule has 0 radical (unpaired) electrons. The third-order valence-corrected chi connectivity index (χ3v) is 3.49. The van der Waals surface area contributed by atoms with E-state index in [-0.39, 0.29) is 11.9 Å². The molecule has 1 saturated carbocycles. The number of nitrogens with one attached hydrogen (secondary N) is 1. The number of nitrogens with zero attached hydrogens (tertiary/aromatic N) is 1. The number of hydrogen-bond donors (Lipinski definition) is 2. The first kappa shape index (κ1) is 13.5. The number of rotatable bonds is 7. The van der Waals surface area contributed by atoms with E-state index >= 15 is 0 Å². The predicted octanol–water partition coefficient (Wildman–Crippen LogP) is 0.569. The van der Waals surface area contributed by atoms with Gasteiger partial charge in [0.25, 0.3) is 0 Å². The number of carbonyl (C=O) groups excluding carboxylic acids is 1. The highest BCUT2D eigenvalue weighted by Crippen LogP contribution is 2.19. The Hall–Kier alpha value is -0.610. The number of nitrogens with two attached hydrogens (primary N) is 1. The molecule has 1 fully saturated rings. The van der Waals surface area contributed by atoms with E-state index in [4.69, 9.17) is 5.73 Å². The minimum absolute atomic E-state index is 0.210. The molecule has 3 N–H and O–H groups in total. The number of amides is 1. The van der Waals surface area contributed by atoms with Gasteiger partial charge in [-0.15, -0.1) is 0 Å². The molecule has 0 heterocycles. The lowest BCUT2D eigenvalue weighted by molar-refractivity contribution is -0.120. The molecule has 4 heteroatoms. The Kier molecular flexibility index (Phi) is 4.74. The zero-order valence-corrected chi connectivity index (χ0v) is 10.9. The smallest absolute Gasteiger partial charge is 0.235 e. The normalized spacial score (nSPS) is 20.1. The van der Waals surface area contributed by atoms with Crippen molar-refractivity contribution in [1.82, 2.24) is 10.2 Å².